The smallest absolute Gasteiger partial charge is 0.232 e. The van der Waals surface area contributed by atoms with Crippen LogP contribution in [-0.2, 0) is 27.9 Å². The molecule has 0 fully saturated rings. The summed E-state index contributed by atoms with van der Waals surface area (Å²) < 4.78 is 22.5. The zero-order chi connectivity index (χ0) is 19.5. The molecule has 0 spiro atoms. The Morgan fingerprint density at radius 3 is 2.96 bits per heavy atom. The zero-order valence-corrected chi connectivity index (χ0v) is 16.4. The van der Waals surface area contributed by atoms with Gasteiger partial charge in [-0.25, -0.2) is 4.98 Å². The fourth-order valence-corrected chi connectivity index (χ4v) is 3.23. The molecule has 0 saturated carbocycles. The summed E-state index contributed by atoms with van der Waals surface area (Å²) in [7, 11) is 2.72. The standard InChI is InChI=1S/C19H25N3O4S/c1-22(2)13-16-7-9-21-19(12-16)26-10-4-3-8-20-18(23)15-27(24)14-17-6-5-11-25-17/h3-7,9,11-12H,8,10,13-15H2,1-2H3,(H,20,23)/b4-3-. The second-order valence-corrected chi connectivity index (χ2v) is 7.59. The summed E-state index contributed by atoms with van der Waals surface area (Å²) in [4.78, 5) is 18.0. The van der Waals surface area contributed by atoms with Crippen LogP contribution < -0.4 is 10.1 Å². The molecule has 0 bridgehead atoms. The first-order chi connectivity index (χ1) is 13.0. The van der Waals surface area contributed by atoms with Crippen LogP contribution in [0.25, 0.3) is 0 Å². The molecule has 8 heteroatoms. The van der Waals surface area contributed by atoms with Crippen molar-refractivity contribution >= 4 is 16.7 Å². The Bertz CT molecular complexity index is 760. The largest absolute Gasteiger partial charge is 0.473 e. The number of pyridine rings is 1. The Hall–Kier alpha value is -2.45. The molecule has 0 aliphatic heterocycles. The molecule has 27 heavy (non-hydrogen) atoms. The van der Waals surface area contributed by atoms with E-state index in [9.17, 15) is 9.00 Å². The van der Waals surface area contributed by atoms with Crippen LogP contribution in [0.3, 0.4) is 0 Å². The first-order valence-corrected chi connectivity index (χ1v) is 10.0. The fraction of sp³-hybridized carbons (Fsp3) is 0.368. The van der Waals surface area contributed by atoms with Crippen molar-refractivity contribution in [1.29, 1.82) is 0 Å². The predicted octanol–water partition coefficient (Wildman–Crippen LogP) is 1.74. The van der Waals surface area contributed by atoms with Crippen LogP contribution in [0, 0.1) is 0 Å². The number of rotatable bonds is 11. The number of carbonyl (C=O) groups is 1. The first-order valence-electron chi connectivity index (χ1n) is 8.54. The van der Waals surface area contributed by atoms with Gasteiger partial charge in [0.1, 0.15) is 18.1 Å². The van der Waals surface area contributed by atoms with Crippen molar-refractivity contribution < 1.29 is 18.2 Å². The van der Waals surface area contributed by atoms with E-state index < -0.39 is 10.8 Å². The van der Waals surface area contributed by atoms with E-state index in [1.807, 2.05) is 26.2 Å². The second-order valence-electron chi connectivity index (χ2n) is 6.13. The van der Waals surface area contributed by atoms with Crippen molar-refractivity contribution in [3.8, 4) is 5.88 Å². The Morgan fingerprint density at radius 1 is 1.37 bits per heavy atom. The second kappa shape index (κ2) is 11.3. The van der Waals surface area contributed by atoms with Crippen LogP contribution >= 0.6 is 0 Å². The molecular weight excluding hydrogens is 366 g/mol. The lowest BCUT2D eigenvalue weighted by atomic mass is 10.2. The van der Waals surface area contributed by atoms with E-state index in [-0.39, 0.29) is 17.4 Å². The Balaban J connectivity index is 1.62. The topological polar surface area (TPSA) is 84.7 Å². The normalized spacial score (nSPS) is 12.4. The minimum atomic E-state index is -1.29. The van der Waals surface area contributed by atoms with Crippen LogP contribution in [0.4, 0.5) is 0 Å². The molecule has 0 radical (unpaired) electrons. The Morgan fingerprint density at radius 2 is 2.22 bits per heavy atom. The molecule has 1 amide bonds. The third-order valence-corrected chi connectivity index (χ3v) is 4.58. The molecule has 1 N–H and O–H groups in total. The van der Waals surface area contributed by atoms with Crippen molar-refractivity contribution in [3.05, 3.63) is 60.2 Å². The van der Waals surface area contributed by atoms with Gasteiger partial charge in [-0.1, -0.05) is 6.08 Å². The van der Waals surface area contributed by atoms with Crippen molar-refractivity contribution in [2.24, 2.45) is 0 Å². The average molecular weight is 391 g/mol. The summed E-state index contributed by atoms with van der Waals surface area (Å²) >= 11 is 0. The number of ether oxygens (including phenoxy) is 1. The maximum Gasteiger partial charge on any atom is 0.232 e. The van der Waals surface area contributed by atoms with Gasteiger partial charge in [0, 0.05) is 36.2 Å². The summed E-state index contributed by atoms with van der Waals surface area (Å²) in [6.07, 6.45) is 6.84. The van der Waals surface area contributed by atoms with Crippen molar-refractivity contribution in [3.63, 3.8) is 0 Å². The van der Waals surface area contributed by atoms with Crippen molar-refractivity contribution in [2.45, 2.75) is 12.3 Å². The Kier molecular flexibility index (Phi) is 8.73. The van der Waals surface area contributed by atoms with E-state index in [0.717, 1.165) is 12.1 Å². The number of furan rings is 1. The summed E-state index contributed by atoms with van der Waals surface area (Å²) in [5.41, 5.74) is 1.13. The number of nitrogens with one attached hydrogen (secondary N) is 1. The average Bonchev–Trinajstić information content (AvgIpc) is 3.10. The van der Waals surface area contributed by atoms with Crippen LogP contribution in [0.2, 0.25) is 0 Å². The van der Waals surface area contributed by atoms with Crippen LogP contribution in [0.1, 0.15) is 11.3 Å². The van der Waals surface area contributed by atoms with E-state index in [4.69, 9.17) is 9.15 Å². The molecule has 1 unspecified atom stereocenters. The van der Waals surface area contributed by atoms with E-state index in [2.05, 4.69) is 15.2 Å². The third kappa shape index (κ3) is 8.65. The van der Waals surface area contributed by atoms with E-state index in [1.54, 1.807) is 30.5 Å². The summed E-state index contributed by atoms with van der Waals surface area (Å²) in [5, 5.41) is 2.70. The number of nitrogens with zero attached hydrogens (tertiary/aromatic N) is 2. The van der Waals surface area contributed by atoms with Gasteiger partial charge >= 0.3 is 0 Å². The number of hydrogen-bond donors (Lipinski definition) is 1. The molecule has 0 saturated heterocycles. The molecule has 0 aromatic carbocycles. The maximum atomic E-state index is 11.8. The van der Waals surface area contributed by atoms with E-state index in [0.29, 0.717) is 24.8 Å². The van der Waals surface area contributed by atoms with E-state index >= 15 is 0 Å². The lowest BCUT2D eigenvalue weighted by Crippen LogP contribution is -2.28. The van der Waals surface area contributed by atoms with Crippen molar-refractivity contribution in [1.82, 2.24) is 15.2 Å². The first kappa shape index (κ1) is 20.9. The molecule has 2 aromatic heterocycles. The van der Waals surface area contributed by atoms with Gasteiger partial charge in [-0.05, 0) is 43.9 Å². The highest BCUT2D eigenvalue weighted by atomic mass is 32.2. The summed E-state index contributed by atoms with van der Waals surface area (Å²) in [5.74, 6) is 1.11. The van der Waals surface area contributed by atoms with Gasteiger partial charge in [-0.3, -0.25) is 9.00 Å². The molecule has 2 rings (SSSR count). The molecule has 146 valence electrons. The SMILES string of the molecule is CN(C)Cc1ccnc(OC/C=C\CNC(=O)CS(=O)Cc2ccco2)c1. The van der Waals surface area contributed by atoms with Gasteiger partial charge in [0.25, 0.3) is 0 Å². The number of carbonyl (C=O) groups excluding carboxylic acids is 1. The van der Waals surface area contributed by atoms with Gasteiger partial charge in [-0.2, -0.15) is 0 Å². The molecule has 0 aliphatic rings. The van der Waals surface area contributed by atoms with Gasteiger partial charge in [0.05, 0.1) is 12.0 Å². The lowest BCUT2D eigenvalue weighted by molar-refractivity contribution is -0.118. The molecule has 1 atom stereocenters. The predicted molar refractivity (Wildman–Crippen MR) is 105 cm³/mol. The highest BCUT2D eigenvalue weighted by molar-refractivity contribution is 7.84. The minimum absolute atomic E-state index is 0.0480. The number of aromatic nitrogens is 1. The van der Waals surface area contributed by atoms with Gasteiger partial charge in [-0.15, -0.1) is 0 Å². The van der Waals surface area contributed by atoms with Gasteiger partial charge < -0.3 is 19.4 Å². The van der Waals surface area contributed by atoms with E-state index in [1.165, 1.54) is 6.26 Å². The third-order valence-electron chi connectivity index (χ3n) is 3.38. The number of hydrogen-bond acceptors (Lipinski definition) is 6. The zero-order valence-electron chi connectivity index (χ0n) is 15.6. The summed E-state index contributed by atoms with van der Waals surface area (Å²) in [6, 6.07) is 7.33. The molecular formula is C19H25N3O4S. The highest BCUT2D eigenvalue weighted by Crippen LogP contribution is 2.10. The van der Waals surface area contributed by atoms with Gasteiger partial charge in [0.15, 0.2) is 0 Å². The minimum Gasteiger partial charge on any atom is -0.473 e. The quantitative estimate of drug-likeness (QED) is 0.588. The van der Waals surface area contributed by atoms with Gasteiger partial charge in [0.2, 0.25) is 11.8 Å². The van der Waals surface area contributed by atoms with Crippen LogP contribution in [0.5, 0.6) is 5.88 Å². The van der Waals surface area contributed by atoms with Crippen LogP contribution in [0.15, 0.2) is 53.3 Å². The Labute approximate surface area is 161 Å². The molecule has 0 aliphatic carbocycles. The number of amides is 1. The summed E-state index contributed by atoms with van der Waals surface area (Å²) in [6.45, 7) is 1.54. The highest BCUT2D eigenvalue weighted by Gasteiger charge is 2.09. The monoisotopic (exact) mass is 391 g/mol. The molecule has 7 nitrogen and oxygen atoms in total. The maximum absolute atomic E-state index is 11.8. The molecule has 2 heterocycles. The van der Waals surface area contributed by atoms with Crippen molar-refractivity contribution in [2.75, 3.05) is 33.0 Å². The lowest BCUT2D eigenvalue weighted by Gasteiger charge is -2.10. The molecule has 2 aromatic rings. The van der Waals surface area contributed by atoms with Crippen LogP contribution in [-0.4, -0.2) is 53.0 Å². The fourth-order valence-electron chi connectivity index (χ4n) is 2.25.